The van der Waals surface area contributed by atoms with E-state index in [1.54, 1.807) is 6.07 Å². The highest BCUT2D eigenvalue weighted by atomic mass is 16.4. The van der Waals surface area contributed by atoms with E-state index >= 15 is 0 Å². The van der Waals surface area contributed by atoms with Crippen LogP contribution in [0.25, 0.3) is 10.9 Å². The molecule has 1 aromatic carbocycles. The number of hydrogen-bond donors (Lipinski definition) is 3. The molecule has 1 aromatic heterocycles. The molecule has 0 amide bonds. The summed E-state index contributed by atoms with van der Waals surface area (Å²) in [4.78, 5) is 11.8. The Bertz CT molecular complexity index is 689. The van der Waals surface area contributed by atoms with Gasteiger partial charge in [-0.1, -0.05) is 13.8 Å². The van der Waals surface area contributed by atoms with Crippen molar-refractivity contribution in [2.24, 2.45) is 5.73 Å². The number of aliphatic hydroxyl groups excluding tert-OH is 1. The predicted molar refractivity (Wildman–Crippen MR) is 92.1 cm³/mol. The largest absolute Gasteiger partial charge is 0.478 e. The lowest BCUT2D eigenvalue weighted by atomic mass is 9.96. The van der Waals surface area contributed by atoms with Crippen LogP contribution in [0.2, 0.25) is 0 Å². The van der Waals surface area contributed by atoms with Gasteiger partial charge in [0.25, 0.3) is 0 Å². The maximum atomic E-state index is 11.8. The molecule has 2 aromatic rings. The van der Waals surface area contributed by atoms with Crippen LogP contribution >= 0.6 is 0 Å². The monoisotopic (exact) mass is 318 g/mol. The minimum Gasteiger partial charge on any atom is -0.478 e. The summed E-state index contributed by atoms with van der Waals surface area (Å²) in [5.74, 6) is -0.645. The first-order valence-corrected chi connectivity index (χ1v) is 8.19. The molecule has 1 heterocycles. The molecule has 0 atom stereocenters. The first-order valence-electron chi connectivity index (χ1n) is 8.19. The van der Waals surface area contributed by atoms with Gasteiger partial charge in [0.1, 0.15) is 0 Å². The number of rotatable bonds is 8. The molecule has 23 heavy (non-hydrogen) atoms. The van der Waals surface area contributed by atoms with Crippen LogP contribution in [0.15, 0.2) is 18.3 Å². The van der Waals surface area contributed by atoms with Crippen LogP contribution < -0.4 is 5.73 Å². The van der Waals surface area contributed by atoms with Gasteiger partial charge in [0.05, 0.1) is 11.1 Å². The molecule has 0 aliphatic rings. The Morgan fingerprint density at radius 1 is 1.30 bits per heavy atom. The number of aromatic carboxylic acids is 1. The van der Waals surface area contributed by atoms with E-state index in [2.05, 4.69) is 19.9 Å². The number of aryl methyl sites for hydroxylation is 2. The smallest absolute Gasteiger partial charge is 0.337 e. The highest BCUT2D eigenvalue weighted by molar-refractivity contribution is 6.04. The van der Waals surface area contributed by atoms with E-state index in [-0.39, 0.29) is 12.5 Å². The van der Waals surface area contributed by atoms with E-state index in [4.69, 9.17) is 10.8 Å². The number of aromatic nitrogens is 1. The van der Waals surface area contributed by atoms with Gasteiger partial charge in [-0.3, -0.25) is 0 Å². The molecule has 2 rings (SSSR count). The number of carbonyl (C=O) groups is 1. The molecule has 0 aliphatic heterocycles. The number of carboxylic acid groups (broad SMARTS) is 1. The third-order valence-corrected chi connectivity index (χ3v) is 4.18. The van der Waals surface area contributed by atoms with Crippen molar-refractivity contribution >= 4 is 16.9 Å². The lowest BCUT2D eigenvalue weighted by Crippen LogP contribution is -2.08. The van der Waals surface area contributed by atoms with Gasteiger partial charge in [0.15, 0.2) is 0 Å². The summed E-state index contributed by atoms with van der Waals surface area (Å²) in [5.41, 5.74) is 8.84. The summed E-state index contributed by atoms with van der Waals surface area (Å²) in [6, 6.07) is 3.88. The van der Waals surface area contributed by atoms with Gasteiger partial charge < -0.3 is 20.5 Å². The molecule has 5 nitrogen and oxygen atoms in total. The second-order valence-corrected chi connectivity index (χ2v) is 6.24. The fourth-order valence-corrected chi connectivity index (χ4v) is 2.94. The summed E-state index contributed by atoms with van der Waals surface area (Å²) in [5, 5.41) is 19.7. The van der Waals surface area contributed by atoms with Gasteiger partial charge in [-0.2, -0.15) is 0 Å². The Morgan fingerprint density at radius 2 is 2.04 bits per heavy atom. The van der Waals surface area contributed by atoms with E-state index in [9.17, 15) is 9.90 Å². The predicted octanol–water partition coefficient (Wildman–Crippen LogP) is 2.74. The quantitative estimate of drug-likeness (QED) is 0.698. The van der Waals surface area contributed by atoms with Crippen molar-refractivity contribution in [3.63, 3.8) is 0 Å². The molecular weight excluding hydrogens is 292 g/mol. The number of aliphatic hydroxyl groups is 1. The lowest BCUT2D eigenvalue weighted by molar-refractivity contribution is 0.0698. The number of benzene rings is 1. The Hall–Kier alpha value is -1.85. The standard InChI is InChI=1S/C18H26N2O3/c1-12(2)14-9-15-13(5-3-8-21)11-20(7-4-6-19)17(15)16(10-14)18(22)23/h9-12,21H,3-8,19H2,1-2H3,(H,22,23). The second kappa shape index (κ2) is 7.62. The van der Waals surface area contributed by atoms with Crippen LogP contribution in [0.5, 0.6) is 0 Å². The van der Waals surface area contributed by atoms with Crippen molar-refractivity contribution in [2.45, 2.75) is 45.6 Å². The van der Waals surface area contributed by atoms with Crippen LogP contribution in [-0.2, 0) is 13.0 Å². The molecule has 0 radical (unpaired) electrons. The maximum absolute atomic E-state index is 11.8. The Morgan fingerprint density at radius 3 is 2.61 bits per heavy atom. The molecule has 5 heteroatoms. The van der Waals surface area contributed by atoms with E-state index in [1.807, 2.05) is 10.8 Å². The molecule has 0 spiro atoms. The van der Waals surface area contributed by atoms with Crippen LogP contribution in [0.1, 0.15) is 54.1 Å². The summed E-state index contributed by atoms with van der Waals surface area (Å²) >= 11 is 0. The van der Waals surface area contributed by atoms with Crippen molar-refractivity contribution < 1.29 is 15.0 Å². The van der Waals surface area contributed by atoms with Gasteiger partial charge in [-0.25, -0.2) is 4.79 Å². The van der Waals surface area contributed by atoms with E-state index in [1.165, 1.54) is 0 Å². The zero-order valence-corrected chi connectivity index (χ0v) is 13.9. The maximum Gasteiger partial charge on any atom is 0.337 e. The first-order chi connectivity index (χ1) is 11.0. The first kappa shape index (κ1) is 17.5. The molecule has 126 valence electrons. The average molecular weight is 318 g/mol. The number of nitrogens with zero attached hydrogens (tertiary/aromatic N) is 1. The summed E-state index contributed by atoms with van der Waals surface area (Å²) in [7, 11) is 0. The van der Waals surface area contributed by atoms with E-state index in [0.29, 0.717) is 25.1 Å². The number of carboxylic acids is 1. The van der Waals surface area contributed by atoms with Crippen molar-refractivity contribution in [1.29, 1.82) is 0 Å². The van der Waals surface area contributed by atoms with Gasteiger partial charge in [0, 0.05) is 24.7 Å². The summed E-state index contributed by atoms with van der Waals surface area (Å²) < 4.78 is 2.00. The van der Waals surface area contributed by atoms with Crippen molar-refractivity contribution in [2.75, 3.05) is 13.2 Å². The lowest BCUT2D eigenvalue weighted by Gasteiger charge is -2.11. The van der Waals surface area contributed by atoms with Crippen molar-refractivity contribution in [1.82, 2.24) is 4.57 Å². The zero-order chi connectivity index (χ0) is 17.0. The summed E-state index contributed by atoms with van der Waals surface area (Å²) in [6.07, 6.45) is 4.23. The molecule has 0 saturated heterocycles. The second-order valence-electron chi connectivity index (χ2n) is 6.24. The molecule has 4 N–H and O–H groups in total. The normalized spacial score (nSPS) is 11.5. The summed E-state index contributed by atoms with van der Waals surface area (Å²) in [6.45, 7) is 5.52. The minimum absolute atomic E-state index is 0.130. The molecule has 0 saturated carbocycles. The van der Waals surface area contributed by atoms with Gasteiger partial charge in [0.2, 0.25) is 0 Å². The highest BCUT2D eigenvalue weighted by Gasteiger charge is 2.18. The third kappa shape index (κ3) is 3.74. The van der Waals surface area contributed by atoms with Crippen LogP contribution in [0.4, 0.5) is 0 Å². The molecular formula is C18H26N2O3. The van der Waals surface area contributed by atoms with Crippen LogP contribution in [0, 0.1) is 0 Å². The van der Waals surface area contributed by atoms with E-state index in [0.717, 1.165) is 34.9 Å². The Labute approximate surface area is 136 Å². The SMILES string of the molecule is CC(C)c1cc(C(=O)O)c2c(c1)c(CCCO)cn2CCCN. The molecule has 0 bridgehead atoms. The fourth-order valence-electron chi connectivity index (χ4n) is 2.94. The van der Waals surface area contributed by atoms with Crippen LogP contribution in [0.3, 0.4) is 0 Å². The average Bonchev–Trinajstić information content (AvgIpc) is 2.87. The fraction of sp³-hybridized carbons (Fsp3) is 0.500. The van der Waals surface area contributed by atoms with Gasteiger partial charge >= 0.3 is 5.97 Å². The zero-order valence-electron chi connectivity index (χ0n) is 13.9. The number of hydrogen-bond acceptors (Lipinski definition) is 3. The van der Waals surface area contributed by atoms with Crippen molar-refractivity contribution in [3.8, 4) is 0 Å². The van der Waals surface area contributed by atoms with Crippen molar-refractivity contribution in [3.05, 3.63) is 35.0 Å². The third-order valence-electron chi connectivity index (χ3n) is 4.18. The van der Waals surface area contributed by atoms with Gasteiger partial charge in [-0.05, 0) is 55.0 Å². The van der Waals surface area contributed by atoms with Crippen LogP contribution in [-0.4, -0.2) is 33.9 Å². The Kier molecular flexibility index (Phi) is 5.80. The topological polar surface area (TPSA) is 88.5 Å². The van der Waals surface area contributed by atoms with Gasteiger partial charge in [-0.15, -0.1) is 0 Å². The Balaban J connectivity index is 2.68. The molecule has 0 aliphatic carbocycles. The van der Waals surface area contributed by atoms with E-state index < -0.39 is 5.97 Å². The molecule has 0 fully saturated rings. The minimum atomic E-state index is -0.904. The number of nitrogens with two attached hydrogens (primary N) is 1. The number of fused-ring (bicyclic) bond motifs is 1. The molecule has 0 unspecified atom stereocenters. The highest BCUT2D eigenvalue weighted by Crippen LogP contribution is 2.30.